The lowest BCUT2D eigenvalue weighted by atomic mass is 10.1. The summed E-state index contributed by atoms with van der Waals surface area (Å²) in [6.07, 6.45) is 3.63. The predicted molar refractivity (Wildman–Crippen MR) is 104 cm³/mol. The molecule has 4 rings (SSSR count). The van der Waals surface area contributed by atoms with Crippen LogP contribution in [0, 0.1) is 6.92 Å². The summed E-state index contributed by atoms with van der Waals surface area (Å²) in [6.45, 7) is 2.02. The van der Waals surface area contributed by atoms with Crippen molar-refractivity contribution in [3.05, 3.63) is 76.8 Å². The van der Waals surface area contributed by atoms with E-state index in [4.69, 9.17) is 0 Å². The molecule has 1 aromatic heterocycles. The molecule has 5 heteroatoms. The lowest BCUT2D eigenvalue weighted by Gasteiger charge is -2.01. The number of para-hydroxylation sites is 1. The maximum absolute atomic E-state index is 12.3. The van der Waals surface area contributed by atoms with Gasteiger partial charge in [0.1, 0.15) is 0 Å². The lowest BCUT2D eigenvalue weighted by Crippen LogP contribution is -2.19. The summed E-state index contributed by atoms with van der Waals surface area (Å²) in [5.41, 5.74) is 3.77. The van der Waals surface area contributed by atoms with Crippen LogP contribution in [0.3, 0.4) is 0 Å². The Kier molecular flexibility index (Phi) is 4.07. The molecule has 2 aromatic carbocycles. The number of amides is 1. The molecule has 3 aromatic rings. The van der Waals surface area contributed by atoms with E-state index in [1.165, 1.54) is 11.8 Å². The van der Waals surface area contributed by atoms with E-state index in [9.17, 15) is 4.79 Å². The molecule has 0 radical (unpaired) electrons. The molecule has 1 fully saturated rings. The third-order valence-corrected chi connectivity index (χ3v) is 4.74. The van der Waals surface area contributed by atoms with Crippen LogP contribution >= 0.6 is 11.8 Å². The summed E-state index contributed by atoms with van der Waals surface area (Å²) in [5.74, 6) is -0.135. The van der Waals surface area contributed by atoms with Gasteiger partial charge in [0, 0.05) is 17.1 Å². The first-order valence-electron chi connectivity index (χ1n) is 7.89. The molecular weight excluding hydrogens is 330 g/mol. The molecular formula is C20H15N3OS. The highest BCUT2D eigenvalue weighted by Gasteiger charge is 2.24. The number of hydrogen-bond donors (Lipinski definition) is 1. The first kappa shape index (κ1) is 15.6. The van der Waals surface area contributed by atoms with Gasteiger partial charge in [0.15, 0.2) is 5.17 Å². The second kappa shape index (κ2) is 6.53. The summed E-state index contributed by atoms with van der Waals surface area (Å²) in [4.78, 5) is 21.8. The highest BCUT2D eigenvalue weighted by Crippen LogP contribution is 2.29. The van der Waals surface area contributed by atoms with E-state index in [-0.39, 0.29) is 5.91 Å². The van der Waals surface area contributed by atoms with Crippen molar-refractivity contribution in [3.63, 3.8) is 0 Å². The van der Waals surface area contributed by atoms with E-state index in [0.29, 0.717) is 10.1 Å². The standard InChI is InChI=1S/C20H15N3OS/c1-13-5-2-9-16(11-13)22-20-23-19(24)17(25-20)12-15-7-3-6-14-8-4-10-21-18(14)15/h2-12H,1H3,(H,22,23,24). The molecule has 0 aliphatic carbocycles. The molecule has 0 unspecified atom stereocenters. The summed E-state index contributed by atoms with van der Waals surface area (Å²) in [6, 6.07) is 17.7. The quantitative estimate of drug-likeness (QED) is 0.699. The Morgan fingerprint density at radius 3 is 2.84 bits per heavy atom. The molecule has 1 saturated heterocycles. The molecule has 0 saturated carbocycles. The predicted octanol–water partition coefficient (Wildman–Crippen LogP) is 4.43. The van der Waals surface area contributed by atoms with Crippen molar-refractivity contribution in [2.24, 2.45) is 4.99 Å². The number of aromatic nitrogens is 1. The fourth-order valence-corrected chi connectivity index (χ4v) is 3.51. The van der Waals surface area contributed by atoms with Gasteiger partial charge < -0.3 is 5.32 Å². The minimum atomic E-state index is -0.135. The maximum atomic E-state index is 12.3. The average molecular weight is 345 g/mol. The van der Waals surface area contributed by atoms with E-state index in [1.807, 2.05) is 67.6 Å². The van der Waals surface area contributed by atoms with Gasteiger partial charge in [-0.3, -0.25) is 9.78 Å². The number of benzene rings is 2. The Balaban J connectivity index is 1.67. The lowest BCUT2D eigenvalue weighted by molar-refractivity contribution is -0.115. The summed E-state index contributed by atoms with van der Waals surface area (Å²) in [5, 5.41) is 4.47. The largest absolute Gasteiger partial charge is 0.300 e. The maximum Gasteiger partial charge on any atom is 0.264 e. The number of amidine groups is 1. The Hall–Kier alpha value is -2.92. The number of fused-ring (bicyclic) bond motifs is 1. The molecule has 1 amide bonds. The van der Waals surface area contributed by atoms with E-state index in [1.54, 1.807) is 6.20 Å². The van der Waals surface area contributed by atoms with Gasteiger partial charge in [-0.15, -0.1) is 0 Å². The zero-order chi connectivity index (χ0) is 17.2. The number of thioether (sulfide) groups is 1. The average Bonchev–Trinajstić information content (AvgIpc) is 2.94. The summed E-state index contributed by atoms with van der Waals surface area (Å²) >= 11 is 1.35. The smallest absolute Gasteiger partial charge is 0.264 e. The number of aryl methyl sites for hydroxylation is 1. The van der Waals surface area contributed by atoms with Crippen molar-refractivity contribution in [1.82, 2.24) is 10.3 Å². The van der Waals surface area contributed by atoms with Crippen LogP contribution in [-0.2, 0) is 4.79 Å². The topological polar surface area (TPSA) is 54.4 Å². The minimum Gasteiger partial charge on any atom is -0.300 e. The van der Waals surface area contributed by atoms with Gasteiger partial charge in [-0.1, -0.05) is 36.4 Å². The summed E-state index contributed by atoms with van der Waals surface area (Å²) in [7, 11) is 0. The normalized spacial score (nSPS) is 17.4. The molecule has 0 spiro atoms. The number of nitrogens with one attached hydrogen (secondary N) is 1. The van der Waals surface area contributed by atoms with Crippen LogP contribution < -0.4 is 5.32 Å². The molecule has 0 bridgehead atoms. The van der Waals surface area contributed by atoms with Gasteiger partial charge in [-0.05, 0) is 48.5 Å². The van der Waals surface area contributed by atoms with Crippen molar-refractivity contribution in [1.29, 1.82) is 0 Å². The van der Waals surface area contributed by atoms with Gasteiger partial charge in [-0.25, -0.2) is 4.99 Å². The van der Waals surface area contributed by atoms with Crippen LogP contribution in [0.4, 0.5) is 5.69 Å². The number of aliphatic imine (C=N–C) groups is 1. The van der Waals surface area contributed by atoms with Crippen LogP contribution in [0.25, 0.3) is 17.0 Å². The van der Waals surface area contributed by atoms with E-state index in [0.717, 1.165) is 27.7 Å². The van der Waals surface area contributed by atoms with Gasteiger partial charge in [0.2, 0.25) is 0 Å². The third kappa shape index (κ3) is 3.32. The number of hydrogen-bond acceptors (Lipinski definition) is 4. The molecule has 122 valence electrons. The van der Waals surface area contributed by atoms with Crippen molar-refractivity contribution in [2.75, 3.05) is 0 Å². The van der Waals surface area contributed by atoms with Crippen LogP contribution in [0.2, 0.25) is 0 Å². The fourth-order valence-electron chi connectivity index (χ4n) is 2.68. The molecule has 25 heavy (non-hydrogen) atoms. The number of carbonyl (C=O) groups excluding carboxylic acids is 1. The zero-order valence-corrected chi connectivity index (χ0v) is 14.4. The second-order valence-corrected chi connectivity index (χ2v) is 6.77. The Labute approximate surface area is 149 Å². The summed E-state index contributed by atoms with van der Waals surface area (Å²) < 4.78 is 0. The van der Waals surface area contributed by atoms with Crippen LogP contribution in [0.15, 0.2) is 70.7 Å². The highest BCUT2D eigenvalue weighted by molar-refractivity contribution is 8.18. The molecule has 2 heterocycles. The van der Waals surface area contributed by atoms with Gasteiger partial charge in [0.05, 0.1) is 16.1 Å². The number of carbonyl (C=O) groups is 1. The molecule has 1 N–H and O–H groups in total. The van der Waals surface area contributed by atoms with Gasteiger partial charge in [-0.2, -0.15) is 0 Å². The van der Waals surface area contributed by atoms with Crippen molar-refractivity contribution in [3.8, 4) is 0 Å². The molecule has 0 atom stereocenters. The third-order valence-electron chi connectivity index (χ3n) is 3.83. The van der Waals surface area contributed by atoms with Crippen LogP contribution in [0.1, 0.15) is 11.1 Å². The van der Waals surface area contributed by atoms with Crippen molar-refractivity contribution >= 4 is 45.5 Å². The number of rotatable bonds is 2. The van der Waals surface area contributed by atoms with E-state index >= 15 is 0 Å². The Morgan fingerprint density at radius 1 is 1.12 bits per heavy atom. The van der Waals surface area contributed by atoms with Crippen LogP contribution in [0.5, 0.6) is 0 Å². The van der Waals surface area contributed by atoms with Gasteiger partial charge in [0.25, 0.3) is 5.91 Å². The van der Waals surface area contributed by atoms with Gasteiger partial charge >= 0.3 is 0 Å². The second-order valence-electron chi connectivity index (χ2n) is 5.74. The SMILES string of the molecule is Cc1cccc(N=C2NC(=O)C(=Cc3cccc4cccnc34)S2)c1. The van der Waals surface area contributed by atoms with Crippen LogP contribution in [-0.4, -0.2) is 16.1 Å². The van der Waals surface area contributed by atoms with E-state index < -0.39 is 0 Å². The monoisotopic (exact) mass is 345 g/mol. The fraction of sp³-hybridized carbons (Fsp3) is 0.0500. The minimum absolute atomic E-state index is 0.135. The Bertz CT molecular complexity index is 1030. The molecule has 1 aliphatic rings. The molecule has 1 aliphatic heterocycles. The first-order valence-corrected chi connectivity index (χ1v) is 8.71. The number of nitrogens with zero attached hydrogens (tertiary/aromatic N) is 2. The Morgan fingerprint density at radius 2 is 1.96 bits per heavy atom. The first-order chi connectivity index (χ1) is 12.2. The number of pyridine rings is 1. The molecule has 4 nitrogen and oxygen atoms in total. The zero-order valence-electron chi connectivity index (χ0n) is 13.6. The van der Waals surface area contributed by atoms with Crippen molar-refractivity contribution < 1.29 is 4.79 Å². The highest BCUT2D eigenvalue weighted by atomic mass is 32.2. The van der Waals surface area contributed by atoms with E-state index in [2.05, 4.69) is 15.3 Å². The van der Waals surface area contributed by atoms with Crippen molar-refractivity contribution in [2.45, 2.75) is 6.92 Å².